The van der Waals surface area contributed by atoms with Gasteiger partial charge in [0.05, 0.1) is 7.11 Å². The third-order valence-electron chi connectivity index (χ3n) is 3.58. The zero-order chi connectivity index (χ0) is 16.1. The van der Waals surface area contributed by atoms with Gasteiger partial charge in [-0.1, -0.05) is 42.5 Å². The quantitative estimate of drug-likeness (QED) is 0.705. The van der Waals surface area contributed by atoms with Crippen LogP contribution in [0.25, 0.3) is 11.1 Å². The molecule has 0 bridgehead atoms. The van der Waals surface area contributed by atoms with Crippen molar-refractivity contribution in [2.45, 2.75) is 6.61 Å². The lowest BCUT2D eigenvalue weighted by Gasteiger charge is -2.10. The normalized spacial score (nSPS) is 10.3. The molecule has 0 unspecified atom stereocenters. The minimum atomic E-state index is 0.546. The molecule has 3 nitrogen and oxygen atoms in total. The molecule has 2 N–H and O–H groups in total. The number of nitrogen functional groups attached to an aromatic ring is 1. The van der Waals surface area contributed by atoms with E-state index in [1.807, 2.05) is 66.7 Å². The summed E-state index contributed by atoms with van der Waals surface area (Å²) in [5.74, 6) is 1.57. The number of nitrogens with two attached hydrogens (primary N) is 1. The molecule has 3 rings (SSSR count). The van der Waals surface area contributed by atoms with Gasteiger partial charge in [-0.2, -0.15) is 0 Å². The van der Waals surface area contributed by atoms with Gasteiger partial charge >= 0.3 is 0 Å². The van der Waals surface area contributed by atoms with E-state index in [1.165, 1.54) is 0 Å². The Balaban J connectivity index is 1.81. The molecule has 3 heteroatoms. The van der Waals surface area contributed by atoms with Crippen LogP contribution in [0.3, 0.4) is 0 Å². The molecule has 116 valence electrons. The third-order valence-corrected chi connectivity index (χ3v) is 3.58. The monoisotopic (exact) mass is 305 g/mol. The van der Waals surface area contributed by atoms with Crippen molar-refractivity contribution < 1.29 is 9.47 Å². The van der Waals surface area contributed by atoms with E-state index in [2.05, 4.69) is 0 Å². The van der Waals surface area contributed by atoms with Gasteiger partial charge in [-0.25, -0.2) is 0 Å². The first-order chi connectivity index (χ1) is 11.2. The van der Waals surface area contributed by atoms with Crippen LogP contribution in [0.4, 0.5) is 5.69 Å². The van der Waals surface area contributed by atoms with Crippen LogP contribution in [0.5, 0.6) is 11.5 Å². The number of ether oxygens (including phenoxy) is 2. The van der Waals surface area contributed by atoms with Crippen molar-refractivity contribution in [1.82, 2.24) is 0 Å². The molecular formula is C20H19NO2. The molecule has 0 amide bonds. The molecule has 23 heavy (non-hydrogen) atoms. The summed E-state index contributed by atoms with van der Waals surface area (Å²) < 4.78 is 11.2. The smallest absolute Gasteiger partial charge is 0.121 e. The Morgan fingerprint density at radius 1 is 0.783 bits per heavy atom. The molecule has 0 saturated carbocycles. The summed E-state index contributed by atoms with van der Waals surface area (Å²) in [6, 6.07) is 23.8. The van der Waals surface area contributed by atoms with Gasteiger partial charge in [0.25, 0.3) is 0 Å². The summed E-state index contributed by atoms with van der Waals surface area (Å²) in [6.07, 6.45) is 0. The van der Waals surface area contributed by atoms with Crippen molar-refractivity contribution in [3.8, 4) is 22.6 Å². The molecule has 0 fully saturated rings. The van der Waals surface area contributed by atoms with Gasteiger partial charge in [-0.15, -0.1) is 0 Å². The van der Waals surface area contributed by atoms with Gasteiger partial charge in [-0.05, 0) is 41.0 Å². The first-order valence-electron chi connectivity index (χ1n) is 7.46. The molecule has 0 atom stereocenters. The number of hydrogen-bond donors (Lipinski definition) is 1. The molecule has 0 aliphatic rings. The zero-order valence-corrected chi connectivity index (χ0v) is 13.0. The highest BCUT2D eigenvalue weighted by molar-refractivity contribution is 5.70. The van der Waals surface area contributed by atoms with E-state index in [9.17, 15) is 0 Å². The largest absolute Gasteiger partial charge is 0.497 e. The van der Waals surface area contributed by atoms with Crippen molar-refractivity contribution in [3.05, 3.63) is 78.4 Å². The number of hydrogen-bond acceptors (Lipinski definition) is 3. The molecule has 0 aliphatic heterocycles. The van der Waals surface area contributed by atoms with E-state index in [1.54, 1.807) is 13.2 Å². The molecule has 3 aromatic carbocycles. The van der Waals surface area contributed by atoms with Crippen LogP contribution in [0.1, 0.15) is 5.56 Å². The Bertz CT molecular complexity index is 785. The van der Waals surface area contributed by atoms with E-state index in [0.717, 1.165) is 28.2 Å². The van der Waals surface area contributed by atoms with Crippen LogP contribution in [-0.2, 0) is 6.61 Å². The van der Waals surface area contributed by atoms with E-state index < -0.39 is 0 Å². The van der Waals surface area contributed by atoms with Gasteiger partial charge in [0.15, 0.2) is 0 Å². The lowest BCUT2D eigenvalue weighted by Crippen LogP contribution is -1.95. The number of rotatable bonds is 5. The highest BCUT2D eigenvalue weighted by atomic mass is 16.5. The van der Waals surface area contributed by atoms with Crippen molar-refractivity contribution in [2.24, 2.45) is 0 Å². The average molecular weight is 305 g/mol. The standard InChI is InChI=1S/C20H19NO2/c1-22-20-12-17(10-18(21)13-20)16-8-5-9-19(11-16)23-14-15-6-3-2-4-7-15/h2-13H,14,21H2,1H3. The summed E-state index contributed by atoms with van der Waals surface area (Å²) >= 11 is 0. The molecule has 0 saturated heterocycles. The summed E-state index contributed by atoms with van der Waals surface area (Å²) in [6.45, 7) is 0.546. The molecule has 0 aliphatic carbocycles. The second-order valence-electron chi connectivity index (χ2n) is 5.30. The van der Waals surface area contributed by atoms with Crippen LogP contribution < -0.4 is 15.2 Å². The average Bonchev–Trinajstić information content (AvgIpc) is 2.60. The van der Waals surface area contributed by atoms with Gasteiger partial charge in [-0.3, -0.25) is 0 Å². The van der Waals surface area contributed by atoms with Crippen molar-refractivity contribution >= 4 is 5.69 Å². The van der Waals surface area contributed by atoms with Crippen molar-refractivity contribution in [1.29, 1.82) is 0 Å². The van der Waals surface area contributed by atoms with Crippen LogP contribution in [0, 0.1) is 0 Å². The lowest BCUT2D eigenvalue weighted by atomic mass is 10.0. The summed E-state index contributed by atoms with van der Waals surface area (Å²) in [4.78, 5) is 0. The van der Waals surface area contributed by atoms with Crippen LogP contribution >= 0.6 is 0 Å². The maximum atomic E-state index is 5.93. The lowest BCUT2D eigenvalue weighted by molar-refractivity contribution is 0.306. The van der Waals surface area contributed by atoms with Crippen LogP contribution in [-0.4, -0.2) is 7.11 Å². The summed E-state index contributed by atoms with van der Waals surface area (Å²) in [5.41, 5.74) is 9.80. The molecule has 0 radical (unpaired) electrons. The van der Waals surface area contributed by atoms with Crippen molar-refractivity contribution in [2.75, 3.05) is 12.8 Å². The molecule has 3 aromatic rings. The maximum Gasteiger partial charge on any atom is 0.121 e. The van der Waals surface area contributed by atoms with Gasteiger partial charge in [0, 0.05) is 11.8 Å². The van der Waals surface area contributed by atoms with Crippen molar-refractivity contribution in [3.63, 3.8) is 0 Å². The second kappa shape index (κ2) is 6.88. The SMILES string of the molecule is COc1cc(N)cc(-c2cccc(OCc3ccccc3)c2)c1. The van der Waals surface area contributed by atoms with E-state index in [4.69, 9.17) is 15.2 Å². The zero-order valence-electron chi connectivity index (χ0n) is 13.0. The molecular weight excluding hydrogens is 286 g/mol. The fourth-order valence-corrected chi connectivity index (χ4v) is 2.41. The second-order valence-corrected chi connectivity index (χ2v) is 5.30. The first-order valence-corrected chi connectivity index (χ1v) is 7.46. The molecule has 0 aromatic heterocycles. The topological polar surface area (TPSA) is 44.5 Å². The highest BCUT2D eigenvalue weighted by Crippen LogP contribution is 2.29. The molecule has 0 heterocycles. The van der Waals surface area contributed by atoms with Gasteiger partial charge < -0.3 is 15.2 Å². The predicted molar refractivity (Wildman–Crippen MR) is 93.6 cm³/mol. The Morgan fingerprint density at radius 3 is 2.35 bits per heavy atom. The van der Waals surface area contributed by atoms with E-state index in [-0.39, 0.29) is 0 Å². The summed E-state index contributed by atoms with van der Waals surface area (Å²) in [7, 11) is 1.64. The Morgan fingerprint density at radius 2 is 1.57 bits per heavy atom. The fourth-order valence-electron chi connectivity index (χ4n) is 2.41. The van der Waals surface area contributed by atoms with E-state index in [0.29, 0.717) is 12.3 Å². The maximum absolute atomic E-state index is 5.93. The fraction of sp³-hybridized carbons (Fsp3) is 0.100. The van der Waals surface area contributed by atoms with Crippen LogP contribution in [0.15, 0.2) is 72.8 Å². The van der Waals surface area contributed by atoms with Gasteiger partial charge in [0.2, 0.25) is 0 Å². The predicted octanol–water partition coefficient (Wildman–Crippen LogP) is 4.52. The van der Waals surface area contributed by atoms with Gasteiger partial charge in [0.1, 0.15) is 18.1 Å². The Labute approximate surface area is 136 Å². The van der Waals surface area contributed by atoms with Crippen LogP contribution in [0.2, 0.25) is 0 Å². The highest BCUT2D eigenvalue weighted by Gasteiger charge is 2.04. The minimum Gasteiger partial charge on any atom is -0.497 e. The number of benzene rings is 3. The minimum absolute atomic E-state index is 0.546. The van der Waals surface area contributed by atoms with E-state index >= 15 is 0 Å². The first kappa shape index (κ1) is 15.0. The number of anilines is 1. The Hall–Kier alpha value is -2.94. The number of methoxy groups -OCH3 is 1. The summed E-state index contributed by atoms with van der Waals surface area (Å²) in [5, 5.41) is 0. The Kier molecular flexibility index (Phi) is 4.48. The molecule has 0 spiro atoms. The third kappa shape index (κ3) is 3.83.